The second kappa shape index (κ2) is 6.36. The molecule has 1 atom stereocenters. The second-order valence-corrected chi connectivity index (χ2v) is 5.30. The van der Waals surface area contributed by atoms with Crippen molar-refractivity contribution in [1.82, 2.24) is 20.3 Å². The number of ether oxygens (including phenoxy) is 1. The third-order valence-corrected chi connectivity index (χ3v) is 2.31. The van der Waals surface area contributed by atoms with Crippen LogP contribution in [0.4, 0.5) is 4.79 Å². The number of hydrogen-bond donors (Lipinski definition) is 2. The number of aliphatic carboxylic acids is 1. The summed E-state index contributed by atoms with van der Waals surface area (Å²) in [6, 6.07) is -0.775. The number of carboxylic acid groups (broad SMARTS) is 1. The van der Waals surface area contributed by atoms with Crippen LogP contribution in [0.25, 0.3) is 0 Å². The molecule has 0 aliphatic rings. The standard InChI is InChI=1S/C12H20N4O4/c1-5-16-7-9(14-15-16)8(6-10(17)18)13-11(19)20-12(2,3)4/h7-8H,5-6H2,1-4H3,(H,13,19)(H,17,18). The summed E-state index contributed by atoms with van der Waals surface area (Å²) < 4.78 is 6.66. The van der Waals surface area contributed by atoms with Crippen molar-refractivity contribution in [3.8, 4) is 0 Å². The maximum atomic E-state index is 11.7. The number of carboxylic acids is 1. The number of carbonyl (C=O) groups excluding carboxylic acids is 1. The molecule has 0 bridgehead atoms. The number of alkyl carbamates (subject to hydrolysis) is 1. The zero-order valence-electron chi connectivity index (χ0n) is 12.1. The molecule has 0 saturated heterocycles. The Bertz CT molecular complexity index is 478. The van der Waals surface area contributed by atoms with Gasteiger partial charge in [-0.15, -0.1) is 5.10 Å². The normalized spacial score (nSPS) is 12.8. The van der Waals surface area contributed by atoms with Crippen molar-refractivity contribution in [3.05, 3.63) is 11.9 Å². The number of hydrogen-bond acceptors (Lipinski definition) is 5. The van der Waals surface area contributed by atoms with Gasteiger partial charge in [-0.2, -0.15) is 0 Å². The number of nitrogens with one attached hydrogen (secondary N) is 1. The molecular weight excluding hydrogens is 264 g/mol. The van der Waals surface area contributed by atoms with Crippen molar-refractivity contribution >= 4 is 12.1 Å². The van der Waals surface area contributed by atoms with Gasteiger partial charge in [0.15, 0.2) is 0 Å². The van der Waals surface area contributed by atoms with E-state index < -0.39 is 23.7 Å². The molecular formula is C12H20N4O4. The number of nitrogens with zero attached hydrogens (tertiary/aromatic N) is 3. The van der Waals surface area contributed by atoms with Crippen LogP contribution in [0.3, 0.4) is 0 Å². The first-order valence-electron chi connectivity index (χ1n) is 6.32. The first-order valence-corrected chi connectivity index (χ1v) is 6.32. The van der Waals surface area contributed by atoms with Gasteiger partial charge in [-0.05, 0) is 27.7 Å². The number of rotatable bonds is 5. The lowest BCUT2D eigenvalue weighted by Crippen LogP contribution is -2.36. The van der Waals surface area contributed by atoms with Gasteiger partial charge in [0.25, 0.3) is 0 Å². The van der Waals surface area contributed by atoms with Crippen LogP contribution in [-0.4, -0.2) is 37.8 Å². The quantitative estimate of drug-likeness (QED) is 0.845. The Kier molecular flexibility index (Phi) is 5.06. The molecule has 1 heterocycles. The van der Waals surface area contributed by atoms with Gasteiger partial charge in [0, 0.05) is 6.54 Å². The van der Waals surface area contributed by atoms with E-state index in [2.05, 4.69) is 15.6 Å². The highest BCUT2D eigenvalue weighted by Gasteiger charge is 2.24. The third kappa shape index (κ3) is 5.25. The Balaban J connectivity index is 2.79. The average molecular weight is 284 g/mol. The van der Waals surface area contributed by atoms with Gasteiger partial charge >= 0.3 is 12.1 Å². The maximum Gasteiger partial charge on any atom is 0.408 e. The molecule has 1 amide bonds. The van der Waals surface area contributed by atoms with Gasteiger partial charge in [-0.25, -0.2) is 4.79 Å². The largest absolute Gasteiger partial charge is 0.481 e. The van der Waals surface area contributed by atoms with Crippen molar-refractivity contribution in [1.29, 1.82) is 0 Å². The van der Waals surface area contributed by atoms with E-state index in [9.17, 15) is 9.59 Å². The zero-order valence-corrected chi connectivity index (χ0v) is 12.1. The molecule has 112 valence electrons. The monoisotopic (exact) mass is 284 g/mol. The summed E-state index contributed by atoms with van der Waals surface area (Å²) in [5.41, 5.74) is -0.265. The van der Waals surface area contributed by atoms with Crippen LogP contribution >= 0.6 is 0 Å². The van der Waals surface area contributed by atoms with E-state index in [0.717, 1.165) is 0 Å². The van der Waals surface area contributed by atoms with Crippen molar-refractivity contribution in [2.24, 2.45) is 0 Å². The maximum absolute atomic E-state index is 11.7. The summed E-state index contributed by atoms with van der Waals surface area (Å²) in [6.45, 7) is 7.68. The van der Waals surface area contributed by atoms with Crippen LogP contribution in [-0.2, 0) is 16.1 Å². The van der Waals surface area contributed by atoms with Crippen molar-refractivity contribution in [3.63, 3.8) is 0 Å². The molecule has 0 aromatic carbocycles. The average Bonchev–Trinajstić information content (AvgIpc) is 2.73. The third-order valence-electron chi connectivity index (χ3n) is 2.31. The fourth-order valence-corrected chi connectivity index (χ4v) is 1.48. The summed E-state index contributed by atoms with van der Waals surface area (Å²) >= 11 is 0. The summed E-state index contributed by atoms with van der Waals surface area (Å²) in [5.74, 6) is -1.04. The molecule has 20 heavy (non-hydrogen) atoms. The first kappa shape index (κ1) is 15.9. The van der Waals surface area contributed by atoms with E-state index in [0.29, 0.717) is 12.2 Å². The van der Waals surface area contributed by atoms with Crippen molar-refractivity contribution in [2.75, 3.05) is 0 Å². The van der Waals surface area contributed by atoms with Crippen LogP contribution in [0.5, 0.6) is 0 Å². The van der Waals surface area contributed by atoms with Crippen LogP contribution in [0.2, 0.25) is 0 Å². The molecule has 8 nitrogen and oxygen atoms in total. The molecule has 0 saturated carbocycles. The van der Waals surface area contributed by atoms with Crippen LogP contribution in [0.15, 0.2) is 6.20 Å². The van der Waals surface area contributed by atoms with Gasteiger partial charge in [0.1, 0.15) is 11.3 Å². The van der Waals surface area contributed by atoms with Gasteiger partial charge in [-0.3, -0.25) is 9.48 Å². The molecule has 1 rings (SSSR count). The van der Waals surface area contributed by atoms with E-state index >= 15 is 0 Å². The summed E-state index contributed by atoms with van der Waals surface area (Å²) in [4.78, 5) is 22.6. The molecule has 1 unspecified atom stereocenters. The molecule has 0 aliphatic heterocycles. The minimum atomic E-state index is -1.04. The van der Waals surface area contributed by atoms with Crippen molar-refractivity contribution in [2.45, 2.75) is 52.3 Å². The molecule has 1 aromatic heterocycles. The highest BCUT2D eigenvalue weighted by Crippen LogP contribution is 2.15. The van der Waals surface area contributed by atoms with Crippen LogP contribution in [0.1, 0.15) is 45.9 Å². The Labute approximate surface area is 117 Å². The summed E-state index contributed by atoms with van der Waals surface area (Å²) in [7, 11) is 0. The molecule has 2 N–H and O–H groups in total. The number of aromatic nitrogens is 3. The van der Waals surface area contributed by atoms with Gasteiger partial charge < -0.3 is 15.2 Å². The first-order chi connectivity index (χ1) is 9.21. The SMILES string of the molecule is CCn1cc(C(CC(=O)O)NC(=O)OC(C)(C)C)nn1. The smallest absolute Gasteiger partial charge is 0.408 e. The molecule has 0 radical (unpaired) electrons. The Morgan fingerprint density at radius 1 is 1.50 bits per heavy atom. The number of aryl methyl sites for hydroxylation is 1. The van der Waals surface area contributed by atoms with Crippen LogP contribution in [0, 0.1) is 0 Å². The Hall–Kier alpha value is -2.12. The van der Waals surface area contributed by atoms with E-state index in [1.807, 2.05) is 6.92 Å². The van der Waals surface area contributed by atoms with E-state index in [1.54, 1.807) is 31.6 Å². The zero-order chi connectivity index (χ0) is 15.3. The second-order valence-electron chi connectivity index (χ2n) is 5.30. The summed E-state index contributed by atoms with van der Waals surface area (Å²) in [5, 5.41) is 19.1. The van der Waals surface area contributed by atoms with Gasteiger partial charge in [-0.1, -0.05) is 5.21 Å². The minimum Gasteiger partial charge on any atom is -0.481 e. The predicted molar refractivity (Wildman–Crippen MR) is 70.1 cm³/mol. The molecule has 0 spiro atoms. The fraction of sp³-hybridized carbons (Fsp3) is 0.667. The van der Waals surface area contributed by atoms with Crippen molar-refractivity contribution < 1.29 is 19.4 Å². The topological polar surface area (TPSA) is 106 Å². The van der Waals surface area contributed by atoms with E-state index in [4.69, 9.17) is 9.84 Å². The molecule has 0 fully saturated rings. The Morgan fingerprint density at radius 3 is 2.60 bits per heavy atom. The highest BCUT2D eigenvalue weighted by atomic mass is 16.6. The van der Waals surface area contributed by atoms with Gasteiger partial charge in [0.2, 0.25) is 0 Å². The fourth-order valence-electron chi connectivity index (χ4n) is 1.48. The molecule has 1 aromatic rings. The lowest BCUT2D eigenvalue weighted by atomic mass is 10.1. The lowest BCUT2D eigenvalue weighted by Gasteiger charge is -2.22. The molecule has 0 aliphatic carbocycles. The van der Waals surface area contributed by atoms with E-state index in [-0.39, 0.29) is 6.42 Å². The van der Waals surface area contributed by atoms with Crippen LogP contribution < -0.4 is 5.32 Å². The lowest BCUT2D eigenvalue weighted by molar-refractivity contribution is -0.137. The number of amides is 1. The highest BCUT2D eigenvalue weighted by molar-refractivity contribution is 5.71. The Morgan fingerprint density at radius 2 is 2.15 bits per heavy atom. The number of carbonyl (C=O) groups is 2. The predicted octanol–water partition coefficient (Wildman–Crippen LogP) is 1.34. The molecule has 8 heteroatoms. The van der Waals surface area contributed by atoms with E-state index in [1.165, 1.54) is 0 Å². The summed E-state index contributed by atoms with van der Waals surface area (Å²) in [6.07, 6.45) is 0.627. The van der Waals surface area contributed by atoms with Gasteiger partial charge in [0.05, 0.1) is 18.7 Å². The minimum absolute atomic E-state index is 0.290.